The van der Waals surface area contributed by atoms with E-state index in [2.05, 4.69) is 5.18 Å². The zero-order valence-corrected chi connectivity index (χ0v) is 5.24. The number of nitrogen functional groups attached to an aromatic ring is 2. The maximum absolute atomic E-state index is 9.99. The molecule has 0 saturated carbocycles. The predicted molar refractivity (Wildman–Crippen MR) is 40.7 cm³/mol. The van der Waals surface area contributed by atoms with E-state index in [-0.39, 0.29) is 11.4 Å². The number of para-hydroxylation sites is 1. The van der Waals surface area contributed by atoms with E-state index in [0.717, 1.165) is 0 Å². The Bertz CT molecular complexity index is 259. The zero-order valence-electron chi connectivity index (χ0n) is 5.24. The highest BCUT2D eigenvalue weighted by molar-refractivity contribution is 5.76. The summed E-state index contributed by atoms with van der Waals surface area (Å²) in [7, 11) is 0. The molecule has 0 aliphatic carbocycles. The summed E-state index contributed by atoms with van der Waals surface area (Å²) >= 11 is 0. The lowest BCUT2D eigenvalue weighted by molar-refractivity contribution is 1.50. The number of nitrogens with two attached hydrogens (primary N) is 2. The van der Waals surface area contributed by atoms with E-state index in [4.69, 9.17) is 11.5 Å². The fourth-order valence-electron chi connectivity index (χ4n) is 0.650. The second kappa shape index (κ2) is 2.34. The van der Waals surface area contributed by atoms with Crippen LogP contribution < -0.4 is 11.5 Å². The number of nitroso groups, excluding NO2 is 1. The minimum absolute atomic E-state index is 0.194. The number of anilines is 2. The van der Waals surface area contributed by atoms with Crippen LogP contribution >= 0.6 is 0 Å². The minimum atomic E-state index is 0.194. The van der Waals surface area contributed by atoms with Crippen molar-refractivity contribution in [2.75, 3.05) is 11.5 Å². The van der Waals surface area contributed by atoms with Gasteiger partial charge in [0.1, 0.15) is 5.69 Å². The molecule has 10 heavy (non-hydrogen) atoms. The molecule has 0 aliphatic heterocycles. The Labute approximate surface area is 57.8 Å². The average Bonchev–Trinajstić information content (AvgIpc) is 1.95. The summed E-state index contributed by atoms with van der Waals surface area (Å²) in [4.78, 5) is 9.99. The molecule has 1 rings (SSSR count). The van der Waals surface area contributed by atoms with Crippen molar-refractivity contribution in [3.63, 3.8) is 0 Å². The average molecular weight is 137 g/mol. The Balaban J connectivity index is 3.27. The third-order valence-electron chi connectivity index (χ3n) is 1.22. The molecule has 0 heterocycles. The predicted octanol–water partition coefficient (Wildman–Crippen LogP) is 1.25. The van der Waals surface area contributed by atoms with Crippen LogP contribution in [0, 0.1) is 4.91 Å². The molecule has 4 nitrogen and oxygen atoms in total. The van der Waals surface area contributed by atoms with E-state index >= 15 is 0 Å². The molecule has 0 fully saturated rings. The summed E-state index contributed by atoms with van der Waals surface area (Å²) in [6.45, 7) is 0. The molecule has 0 aliphatic rings. The Hall–Kier alpha value is -1.58. The minimum Gasteiger partial charge on any atom is -0.397 e. The van der Waals surface area contributed by atoms with E-state index in [1.54, 1.807) is 12.1 Å². The molecule has 0 aromatic heterocycles. The fraction of sp³-hybridized carbons (Fsp3) is 0. The first kappa shape index (κ1) is 6.54. The molecule has 0 spiro atoms. The smallest absolute Gasteiger partial charge is 0.132 e. The van der Waals surface area contributed by atoms with Crippen LogP contribution in [0.1, 0.15) is 0 Å². The van der Waals surface area contributed by atoms with Gasteiger partial charge in [0.05, 0.1) is 11.4 Å². The van der Waals surface area contributed by atoms with Crippen molar-refractivity contribution in [1.29, 1.82) is 0 Å². The summed E-state index contributed by atoms with van der Waals surface area (Å²) in [5.41, 5.74) is 11.6. The number of benzene rings is 1. The van der Waals surface area contributed by atoms with Gasteiger partial charge < -0.3 is 11.5 Å². The molecule has 0 saturated heterocycles. The van der Waals surface area contributed by atoms with Crippen LogP contribution in [0.4, 0.5) is 17.1 Å². The topological polar surface area (TPSA) is 81.5 Å². The highest BCUT2D eigenvalue weighted by atomic mass is 16.3. The lowest BCUT2D eigenvalue weighted by Crippen LogP contribution is -1.93. The second-order valence-electron chi connectivity index (χ2n) is 1.87. The summed E-state index contributed by atoms with van der Waals surface area (Å²) in [5.74, 6) is 0. The lowest BCUT2D eigenvalue weighted by atomic mass is 10.2. The molecule has 4 heteroatoms. The molecular formula is C6H7N3O. The van der Waals surface area contributed by atoms with E-state index in [1.807, 2.05) is 0 Å². The van der Waals surface area contributed by atoms with Crippen LogP contribution in [0.25, 0.3) is 0 Å². The van der Waals surface area contributed by atoms with E-state index in [9.17, 15) is 4.91 Å². The fourth-order valence-corrected chi connectivity index (χ4v) is 0.650. The second-order valence-corrected chi connectivity index (χ2v) is 1.87. The van der Waals surface area contributed by atoms with E-state index in [0.29, 0.717) is 5.69 Å². The molecule has 0 bridgehead atoms. The number of nitrogens with zero attached hydrogens (tertiary/aromatic N) is 1. The molecule has 1 aromatic carbocycles. The van der Waals surface area contributed by atoms with Crippen LogP contribution in [-0.2, 0) is 0 Å². The SMILES string of the molecule is Nc1cccc(N=O)c1N. The summed E-state index contributed by atoms with van der Waals surface area (Å²) in [5, 5.41) is 2.68. The number of hydrogen-bond acceptors (Lipinski definition) is 4. The zero-order chi connectivity index (χ0) is 7.56. The monoisotopic (exact) mass is 137 g/mol. The van der Waals surface area contributed by atoms with Crippen molar-refractivity contribution in [3.05, 3.63) is 23.1 Å². The molecule has 4 N–H and O–H groups in total. The van der Waals surface area contributed by atoms with Crippen molar-refractivity contribution >= 4 is 17.1 Å². The van der Waals surface area contributed by atoms with Crippen molar-refractivity contribution in [2.45, 2.75) is 0 Å². The Kier molecular flexibility index (Phi) is 1.53. The van der Waals surface area contributed by atoms with Gasteiger partial charge in [-0.2, -0.15) is 0 Å². The van der Waals surface area contributed by atoms with Crippen LogP contribution in [0.15, 0.2) is 23.4 Å². The van der Waals surface area contributed by atoms with Gasteiger partial charge in [-0.25, -0.2) is 0 Å². The van der Waals surface area contributed by atoms with Crippen LogP contribution in [-0.4, -0.2) is 0 Å². The number of rotatable bonds is 1. The standard InChI is InChI=1S/C6H7N3O/c7-4-2-1-3-5(9-10)6(4)8/h1-3H,7-8H2. The van der Waals surface area contributed by atoms with Gasteiger partial charge in [-0.1, -0.05) is 6.07 Å². The quantitative estimate of drug-likeness (QED) is 0.451. The Morgan fingerprint density at radius 2 is 2.00 bits per heavy atom. The largest absolute Gasteiger partial charge is 0.397 e. The Morgan fingerprint density at radius 3 is 2.50 bits per heavy atom. The van der Waals surface area contributed by atoms with Gasteiger partial charge in [0.25, 0.3) is 0 Å². The number of hydrogen-bond donors (Lipinski definition) is 2. The highest BCUT2D eigenvalue weighted by Gasteiger charge is 1.99. The first-order chi connectivity index (χ1) is 4.75. The normalized spacial score (nSPS) is 9.20. The van der Waals surface area contributed by atoms with E-state index in [1.165, 1.54) is 6.07 Å². The van der Waals surface area contributed by atoms with Crippen LogP contribution in [0.5, 0.6) is 0 Å². The molecule has 0 radical (unpaired) electrons. The summed E-state index contributed by atoms with van der Waals surface area (Å²) in [6.07, 6.45) is 0. The van der Waals surface area contributed by atoms with Crippen molar-refractivity contribution in [2.24, 2.45) is 5.18 Å². The molecular weight excluding hydrogens is 130 g/mol. The van der Waals surface area contributed by atoms with Gasteiger partial charge >= 0.3 is 0 Å². The third-order valence-corrected chi connectivity index (χ3v) is 1.22. The lowest BCUT2D eigenvalue weighted by Gasteiger charge is -1.98. The first-order valence-electron chi connectivity index (χ1n) is 2.73. The van der Waals surface area contributed by atoms with Crippen LogP contribution in [0.2, 0.25) is 0 Å². The molecule has 1 aromatic rings. The maximum atomic E-state index is 9.99. The molecule has 52 valence electrons. The summed E-state index contributed by atoms with van der Waals surface area (Å²) in [6, 6.07) is 4.76. The molecule has 0 atom stereocenters. The maximum Gasteiger partial charge on any atom is 0.132 e. The van der Waals surface area contributed by atoms with Crippen LogP contribution in [0.3, 0.4) is 0 Å². The van der Waals surface area contributed by atoms with Gasteiger partial charge in [-0.15, -0.1) is 4.91 Å². The third kappa shape index (κ3) is 0.907. The van der Waals surface area contributed by atoms with Gasteiger partial charge in [0.2, 0.25) is 0 Å². The highest BCUT2D eigenvalue weighted by Crippen LogP contribution is 2.26. The Morgan fingerprint density at radius 1 is 1.30 bits per heavy atom. The van der Waals surface area contributed by atoms with Crippen molar-refractivity contribution in [3.8, 4) is 0 Å². The molecule has 0 amide bonds. The van der Waals surface area contributed by atoms with Crippen molar-refractivity contribution in [1.82, 2.24) is 0 Å². The van der Waals surface area contributed by atoms with Gasteiger partial charge in [-0.3, -0.25) is 0 Å². The van der Waals surface area contributed by atoms with Gasteiger partial charge in [-0.05, 0) is 17.3 Å². The van der Waals surface area contributed by atoms with Crippen molar-refractivity contribution < 1.29 is 0 Å². The molecule has 0 unspecified atom stereocenters. The van der Waals surface area contributed by atoms with Gasteiger partial charge in [0.15, 0.2) is 0 Å². The van der Waals surface area contributed by atoms with Gasteiger partial charge in [0, 0.05) is 0 Å². The van der Waals surface area contributed by atoms with E-state index < -0.39 is 0 Å². The summed E-state index contributed by atoms with van der Waals surface area (Å²) < 4.78 is 0. The first-order valence-corrected chi connectivity index (χ1v) is 2.73.